The molecule has 1 aliphatic heterocycles. The molecule has 0 aromatic heterocycles. The van der Waals surface area contributed by atoms with Gasteiger partial charge in [0.05, 0.1) is 12.3 Å². The van der Waals surface area contributed by atoms with E-state index in [4.69, 9.17) is 28.6 Å². The minimum Gasteiger partial charge on any atom is -0.504 e. The molecular formula is C19H15ClN2O4S. The second kappa shape index (κ2) is 7.77. The van der Waals surface area contributed by atoms with Gasteiger partial charge in [0.25, 0.3) is 11.8 Å². The van der Waals surface area contributed by atoms with E-state index in [0.29, 0.717) is 22.9 Å². The van der Waals surface area contributed by atoms with Crippen molar-refractivity contribution in [1.82, 2.24) is 5.32 Å². The number of nitrogens with zero attached hydrogens (tertiary/aromatic N) is 1. The maximum Gasteiger partial charge on any atom is 0.270 e. The second-order valence-corrected chi connectivity index (χ2v) is 6.42. The largest absolute Gasteiger partial charge is 0.504 e. The minimum atomic E-state index is -0.596. The van der Waals surface area contributed by atoms with Crippen LogP contribution in [-0.4, -0.2) is 28.6 Å². The zero-order valence-corrected chi connectivity index (χ0v) is 15.8. The number of phenolic OH excluding ortho intramolecular Hbond substituents is 1. The topological polar surface area (TPSA) is 78.9 Å². The molecule has 2 N–H and O–H groups in total. The Hall–Kier alpha value is -2.90. The molecule has 1 fully saturated rings. The van der Waals surface area contributed by atoms with Crippen LogP contribution in [0.5, 0.6) is 11.5 Å². The molecule has 138 valence electrons. The van der Waals surface area contributed by atoms with Gasteiger partial charge in [-0.05, 0) is 67.2 Å². The van der Waals surface area contributed by atoms with Crippen molar-refractivity contribution in [2.75, 3.05) is 11.5 Å². The van der Waals surface area contributed by atoms with Crippen LogP contribution in [0.2, 0.25) is 5.02 Å². The Bertz CT molecular complexity index is 957. The molecule has 0 spiro atoms. The van der Waals surface area contributed by atoms with Crippen LogP contribution in [0.3, 0.4) is 0 Å². The van der Waals surface area contributed by atoms with Gasteiger partial charge in [-0.25, -0.2) is 0 Å². The predicted octanol–water partition coefficient (Wildman–Crippen LogP) is 3.28. The smallest absolute Gasteiger partial charge is 0.270 e. The SMILES string of the molecule is CCOc1cc(/C=C2/C(=O)NC(=S)N(c3ccc(Cl)cc3)C2=O)ccc1O. The average molecular weight is 403 g/mol. The van der Waals surface area contributed by atoms with Crippen LogP contribution >= 0.6 is 23.8 Å². The van der Waals surface area contributed by atoms with Crippen molar-refractivity contribution in [3.05, 3.63) is 58.6 Å². The first-order chi connectivity index (χ1) is 12.9. The van der Waals surface area contributed by atoms with Gasteiger partial charge in [0.15, 0.2) is 16.6 Å². The summed E-state index contributed by atoms with van der Waals surface area (Å²) in [5, 5.41) is 12.8. The van der Waals surface area contributed by atoms with Crippen LogP contribution < -0.4 is 15.0 Å². The van der Waals surface area contributed by atoms with Gasteiger partial charge < -0.3 is 9.84 Å². The van der Waals surface area contributed by atoms with E-state index >= 15 is 0 Å². The number of hydrogen-bond donors (Lipinski definition) is 2. The molecule has 1 saturated heterocycles. The fourth-order valence-corrected chi connectivity index (χ4v) is 2.95. The Morgan fingerprint density at radius 2 is 1.93 bits per heavy atom. The molecule has 1 aliphatic rings. The van der Waals surface area contributed by atoms with E-state index < -0.39 is 11.8 Å². The highest BCUT2D eigenvalue weighted by atomic mass is 35.5. The van der Waals surface area contributed by atoms with Crippen molar-refractivity contribution in [3.63, 3.8) is 0 Å². The van der Waals surface area contributed by atoms with Gasteiger partial charge in [-0.15, -0.1) is 0 Å². The Labute approximate surface area is 166 Å². The second-order valence-electron chi connectivity index (χ2n) is 5.59. The van der Waals surface area contributed by atoms with Gasteiger partial charge in [-0.3, -0.25) is 19.8 Å². The number of carbonyl (C=O) groups excluding carboxylic acids is 2. The van der Waals surface area contributed by atoms with Gasteiger partial charge in [0.1, 0.15) is 5.57 Å². The first-order valence-electron chi connectivity index (χ1n) is 8.03. The van der Waals surface area contributed by atoms with Gasteiger partial charge in [0.2, 0.25) is 0 Å². The summed E-state index contributed by atoms with van der Waals surface area (Å²) in [6.45, 7) is 2.15. The molecular weight excluding hydrogens is 388 g/mol. The van der Waals surface area contributed by atoms with Gasteiger partial charge >= 0.3 is 0 Å². The molecule has 0 bridgehead atoms. The summed E-state index contributed by atoms with van der Waals surface area (Å²) in [6.07, 6.45) is 1.42. The van der Waals surface area contributed by atoms with E-state index in [2.05, 4.69) is 5.32 Å². The summed E-state index contributed by atoms with van der Waals surface area (Å²) in [4.78, 5) is 26.4. The Morgan fingerprint density at radius 3 is 2.59 bits per heavy atom. The Kier molecular flexibility index (Phi) is 5.43. The predicted molar refractivity (Wildman–Crippen MR) is 107 cm³/mol. The number of benzene rings is 2. The van der Waals surface area contributed by atoms with Gasteiger partial charge in [-0.1, -0.05) is 17.7 Å². The van der Waals surface area contributed by atoms with Crippen molar-refractivity contribution in [3.8, 4) is 11.5 Å². The summed E-state index contributed by atoms with van der Waals surface area (Å²) in [7, 11) is 0. The summed E-state index contributed by atoms with van der Waals surface area (Å²) >= 11 is 11.0. The van der Waals surface area contributed by atoms with Crippen molar-refractivity contribution in [2.24, 2.45) is 0 Å². The van der Waals surface area contributed by atoms with Crippen molar-refractivity contribution in [1.29, 1.82) is 0 Å². The number of hydrogen-bond acceptors (Lipinski definition) is 5. The number of rotatable bonds is 4. The number of carbonyl (C=O) groups is 2. The van der Waals surface area contributed by atoms with E-state index in [1.807, 2.05) is 0 Å². The number of anilines is 1. The Morgan fingerprint density at radius 1 is 1.22 bits per heavy atom. The zero-order chi connectivity index (χ0) is 19.6. The summed E-state index contributed by atoms with van der Waals surface area (Å²) in [6, 6.07) is 11.1. The van der Waals surface area contributed by atoms with Crippen LogP contribution in [0.15, 0.2) is 48.0 Å². The number of amides is 2. The maximum absolute atomic E-state index is 12.9. The van der Waals surface area contributed by atoms with E-state index in [-0.39, 0.29) is 22.2 Å². The van der Waals surface area contributed by atoms with Crippen molar-refractivity contribution >= 4 is 52.5 Å². The number of phenols is 1. The first kappa shape index (κ1) is 18.9. The summed E-state index contributed by atoms with van der Waals surface area (Å²) < 4.78 is 5.33. The molecule has 0 atom stereocenters. The quantitative estimate of drug-likeness (QED) is 0.466. The fraction of sp³-hybridized carbons (Fsp3) is 0.105. The maximum atomic E-state index is 12.9. The van der Waals surface area contributed by atoms with Crippen LogP contribution in [0.4, 0.5) is 5.69 Å². The molecule has 0 saturated carbocycles. The molecule has 2 aromatic carbocycles. The molecule has 6 nitrogen and oxygen atoms in total. The van der Waals surface area contributed by atoms with Crippen LogP contribution in [-0.2, 0) is 9.59 Å². The molecule has 0 aliphatic carbocycles. The fourth-order valence-electron chi connectivity index (χ4n) is 2.54. The van der Waals surface area contributed by atoms with Crippen LogP contribution in [0.1, 0.15) is 12.5 Å². The lowest BCUT2D eigenvalue weighted by Crippen LogP contribution is -2.54. The highest BCUT2D eigenvalue weighted by Crippen LogP contribution is 2.29. The number of ether oxygens (including phenoxy) is 1. The molecule has 8 heteroatoms. The lowest BCUT2D eigenvalue weighted by molar-refractivity contribution is -0.122. The van der Waals surface area contributed by atoms with Crippen LogP contribution in [0, 0.1) is 0 Å². The van der Waals surface area contributed by atoms with Crippen molar-refractivity contribution < 1.29 is 19.4 Å². The number of aromatic hydroxyl groups is 1. The number of thiocarbonyl (C=S) groups is 1. The van der Waals surface area contributed by atoms with Crippen LogP contribution in [0.25, 0.3) is 6.08 Å². The molecule has 3 rings (SSSR count). The third kappa shape index (κ3) is 3.94. The monoisotopic (exact) mass is 402 g/mol. The summed E-state index contributed by atoms with van der Waals surface area (Å²) in [5.74, 6) is -0.915. The molecule has 2 aromatic rings. The van der Waals surface area contributed by atoms with E-state index in [1.54, 1.807) is 43.3 Å². The van der Waals surface area contributed by atoms with E-state index in [9.17, 15) is 14.7 Å². The van der Waals surface area contributed by atoms with Gasteiger partial charge in [0, 0.05) is 5.02 Å². The standard InChI is InChI=1S/C19H15ClN2O4S/c1-2-26-16-10-11(3-8-15(16)23)9-14-17(24)21-19(27)22(18(14)25)13-6-4-12(20)5-7-13/h3-10,23H,2H2,1H3,(H,21,24,27)/b14-9-. The molecule has 27 heavy (non-hydrogen) atoms. The molecule has 2 amide bonds. The molecule has 0 unspecified atom stereocenters. The summed E-state index contributed by atoms with van der Waals surface area (Å²) in [5.41, 5.74) is 0.923. The number of nitrogens with one attached hydrogen (secondary N) is 1. The number of halogens is 1. The Balaban J connectivity index is 1.99. The lowest BCUT2D eigenvalue weighted by Gasteiger charge is -2.29. The van der Waals surface area contributed by atoms with E-state index in [0.717, 1.165) is 0 Å². The highest BCUT2D eigenvalue weighted by molar-refractivity contribution is 7.80. The molecule has 1 heterocycles. The normalized spacial score (nSPS) is 15.9. The third-order valence-corrected chi connectivity index (χ3v) is 4.32. The highest BCUT2D eigenvalue weighted by Gasteiger charge is 2.34. The first-order valence-corrected chi connectivity index (χ1v) is 8.82. The van der Waals surface area contributed by atoms with Crippen molar-refractivity contribution in [2.45, 2.75) is 6.92 Å². The van der Waals surface area contributed by atoms with Gasteiger partial charge in [-0.2, -0.15) is 0 Å². The zero-order valence-electron chi connectivity index (χ0n) is 14.2. The van der Waals surface area contributed by atoms with E-state index in [1.165, 1.54) is 17.0 Å². The minimum absolute atomic E-state index is 0.00909. The molecule has 0 radical (unpaired) electrons. The lowest BCUT2D eigenvalue weighted by atomic mass is 10.1. The average Bonchev–Trinajstić information content (AvgIpc) is 2.63. The third-order valence-electron chi connectivity index (χ3n) is 3.78.